The zero-order valence-electron chi connectivity index (χ0n) is 19.1. The van der Waals surface area contributed by atoms with Crippen LogP contribution in [0.15, 0.2) is 42.5 Å². The number of hydrogen-bond donors (Lipinski definition) is 3. The fourth-order valence-corrected chi connectivity index (χ4v) is 4.71. The zero-order valence-corrected chi connectivity index (χ0v) is 19.1. The van der Waals surface area contributed by atoms with Crippen molar-refractivity contribution in [2.24, 2.45) is 0 Å². The van der Waals surface area contributed by atoms with E-state index in [4.69, 9.17) is 4.74 Å². The van der Waals surface area contributed by atoms with Crippen molar-refractivity contribution in [3.05, 3.63) is 59.3 Å². The second kappa shape index (κ2) is 10.7. The molecule has 1 aliphatic heterocycles. The van der Waals surface area contributed by atoms with E-state index in [0.29, 0.717) is 50.3 Å². The average Bonchev–Trinajstić information content (AvgIpc) is 3.18. The van der Waals surface area contributed by atoms with E-state index in [1.165, 1.54) is 12.0 Å². The first-order valence-corrected chi connectivity index (χ1v) is 11.5. The maximum Gasteiger partial charge on any atom is 0.401 e. The molecule has 9 heteroatoms. The van der Waals surface area contributed by atoms with Gasteiger partial charge in [0.05, 0.1) is 26.4 Å². The highest BCUT2D eigenvalue weighted by molar-refractivity contribution is 5.85. The number of benzene rings is 2. The van der Waals surface area contributed by atoms with Gasteiger partial charge in [0, 0.05) is 47.5 Å². The Kier molecular flexibility index (Phi) is 7.63. The first-order chi connectivity index (χ1) is 16.4. The van der Waals surface area contributed by atoms with Gasteiger partial charge in [-0.1, -0.05) is 18.2 Å². The molecule has 5 nitrogen and oxygen atoms in total. The van der Waals surface area contributed by atoms with E-state index in [1.807, 2.05) is 36.4 Å². The minimum absolute atomic E-state index is 0.290. The van der Waals surface area contributed by atoms with Crippen molar-refractivity contribution in [2.45, 2.75) is 25.1 Å². The minimum atomic E-state index is -4.32. The Morgan fingerprint density at radius 1 is 1.12 bits per heavy atom. The van der Waals surface area contributed by atoms with Gasteiger partial charge < -0.3 is 20.4 Å². The number of alkyl halides is 4. The van der Waals surface area contributed by atoms with Crippen LogP contribution in [0.1, 0.15) is 29.3 Å². The number of nitrogens with zero attached hydrogens (tertiary/aromatic N) is 1. The van der Waals surface area contributed by atoms with E-state index in [-0.39, 0.29) is 6.67 Å². The summed E-state index contributed by atoms with van der Waals surface area (Å²) in [6.45, 7) is 0.783. The summed E-state index contributed by atoms with van der Waals surface area (Å²) in [5.74, 6) is 0.537. The summed E-state index contributed by atoms with van der Waals surface area (Å²) in [6.07, 6.45) is -3.32. The fourth-order valence-electron chi connectivity index (χ4n) is 4.71. The number of fused-ring (bicyclic) bond motifs is 3. The quantitative estimate of drug-likeness (QED) is 0.282. The number of methoxy groups -OCH3 is 1. The summed E-state index contributed by atoms with van der Waals surface area (Å²) >= 11 is 0. The third-order valence-electron chi connectivity index (χ3n) is 6.16. The number of halogens is 4. The lowest BCUT2D eigenvalue weighted by Crippen LogP contribution is -2.42. The van der Waals surface area contributed by atoms with Gasteiger partial charge in [-0.05, 0) is 49.2 Å². The molecular formula is C25H30F4N4O. The minimum Gasteiger partial charge on any atom is -0.496 e. The number of rotatable bonds is 10. The number of para-hydroxylation sites is 1. The molecule has 1 aromatic heterocycles. The summed E-state index contributed by atoms with van der Waals surface area (Å²) in [5.41, 5.74) is 4.21. The van der Waals surface area contributed by atoms with Gasteiger partial charge in [0.15, 0.2) is 0 Å². The largest absolute Gasteiger partial charge is 0.496 e. The second-order valence-electron chi connectivity index (χ2n) is 8.48. The van der Waals surface area contributed by atoms with Crippen LogP contribution in [0.2, 0.25) is 0 Å². The van der Waals surface area contributed by atoms with Crippen molar-refractivity contribution in [3.63, 3.8) is 0 Å². The highest BCUT2D eigenvalue weighted by Gasteiger charge is 2.39. The van der Waals surface area contributed by atoms with Crippen LogP contribution >= 0.6 is 0 Å². The van der Waals surface area contributed by atoms with Gasteiger partial charge in [-0.15, -0.1) is 0 Å². The molecular weight excluding hydrogens is 448 g/mol. The third kappa shape index (κ3) is 5.47. The van der Waals surface area contributed by atoms with Crippen LogP contribution < -0.4 is 15.4 Å². The molecule has 34 heavy (non-hydrogen) atoms. The average molecular weight is 479 g/mol. The van der Waals surface area contributed by atoms with Crippen LogP contribution in [0.3, 0.4) is 0 Å². The lowest BCUT2D eigenvalue weighted by Gasteiger charge is -2.37. The number of anilines is 1. The lowest BCUT2D eigenvalue weighted by atomic mass is 9.91. The molecule has 1 atom stereocenters. The number of ether oxygens (including phenoxy) is 1. The first-order valence-electron chi connectivity index (χ1n) is 11.5. The Bertz CT molecular complexity index is 1100. The molecule has 2 heterocycles. The van der Waals surface area contributed by atoms with Crippen LogP contribution in [-0.4, -0.2) is 62.6 Å². The molecule has 1 aliphatic rings. The number of aromatic amines is 1. The van der Waals surface area contributed by atoms with E-state index < -0.39 is 18.8 Å². The van der Waals surface area contributed by atoms with Crippen LogP contribution in [0, 0.1) is 0 Å². The Hall–Kier alpha value is -2.78. The smallest absolute Gasteiger partial charge is 0.401 e. The monoisotopic (exact) mass is 478 g/mol. The summed E-state index contributed by atoms with van der Waals surface area (Å²) in [4.78, 5) is 4.87. The Morgan fingerprint density at radius 3 is 2.71 bits per heavy atom. The Morgan fingerprint density at radius 2 is 1.94 bits per heavy atom. The molecule has 0 amide bonds. The molecule has 4 rings (SSSR count). The highest BCUT2D eigenvalue weighted by atomic mass is 19.4. The third-order valence-corrected chi connectivity index (χ3v) is 6.16. The predicted octanol–water partition coefficient (Wildman–Crippen LogP) is 5.05. The number of nitrogens with one attached hydrogen (secondary N) is 3. The fraction of sp³-hybridized carbons (Fsp3) is 0.440. The SMILES string of the molecule is COc1ccc(NCCNCCCF)cc1C1c2[nH]c3ccccc3c2CCN1CC(F)(F)F. The molecule has 3 aromatic rings. The van der Waals surface area contributed by atoms with Gasteiger partial charge in [0.1, 0.15) is 5.75 Å². The van der Waals surface area contributed by atoms with Crippen molar-refractivity contribution < 1.29 is 22.3 Å². The van der Waals surface area contributed by atoms with Gasteiger partial charge in [0.25, 0.3) is 0 Å². The molecule has 3 N–H and O–H groups in total. The molecule has 184 valence electrons. The van der Waals surface area contributed by atoms with E-state index >= 15 is 0 Å². The molecule has 1 unspecified atom stereocenters. The second-order valence-corrected chi connectivity index (χ2v) is 8.48. The van der Waals surface area contributed by atoms with Gasteiger partial charge in [-0.25, -0.2) is 0 Å². The number of aromatic nitrogens is 1. The summed E-state index contributed by atoms with van der Waals surface area (Å²) < 4.78 is 58.4. The maximum absolute atomic E-state index is 13.5. The van der Waals surface area contributed by atoms with E-state index in [2.05, 4.69) is 15.6 Å². The van der Waals surface area contributed by atoms with Gasteiger partial charge in [-0.3, -0.25) is 9.29 Å². The molecule has 0 fully saturated rings. The van der Waals surface area contributed by atoms with Crippen molar-refractivity contribution in [2.75, 3.05) is 51.8 Å². The van der Waals surface area contributed by atoms with Gasteiger partial charge >= 0.3 is 6.18 Å². The first kappa shape index (κ1) is 24.3. The van der Waals surface area contributed by atoms with Crippen LogP contribution in [0.5, 0.6) is 5.75 Å². The van der Waals surface area contributed by atoms with Crippen molar-refractivity contribution in [1.29, 1.82) is 0 Å². The molecule has 0 saturated heterocycles. The number of hydrogen-bond acceptors (Lipinski definition) is 4. The maximum atomic E-state index is 13.5. The number of H-pyrrole nitrogens is 1. The predicted molar refractivity (Wildman–Crippen MR) is 126 cm³/mol. The highest BCUT2D eigenvalue weighted by Crippen LogP contribution is 2.43. The van der Waals surface area contributed by atoms with Crippen molar-refractivity contribution >= 4 is 16.6 Å². The standard InChI is InChI=1S/C25H30F4N4O/c1-34-22-8-7-17(31-13-12-30-11-4-10-26)15-20(22)24-23-19(9-14-33(24)16-25(27,28)29)18-5-2-3-6-21(18)32-23/h2-3,5-8,15,24,30-32H,4,9-14,16H2,1H3. The van der Waals surface area contributed by atoms with Crippen molar-refractivity contribution in [3.8, 4) is 5.75 Å². The molecule has 0 aliphatic carbocycles. The van der Waals surface area contributed by atoms with E-state index in [1.54, 1.807) is 6.07 Å². The van der Waals surface area contributed by atoms with Crippen LogP contribution in [-0.2, 0) is 6.42 Å². The van der Waals surface area contributed by atoms with Crippen LogP contribution in [0.4, 0.5) is 23.2 Å². The summed E-state index contributed by atoms with van der Waals surface area (Å²) in [6, 6.07) is 12.7. The van der Waals surface area contributed by atoms with Gasteiger partial charge in [-0.2, -0.15) is 13.2 Å². The van der Waals surface area contributed by atoms with Crippen molar-refractivity contribution in [1.82, 2.24) is 15.2 Å². The molecule has 0 bridgehead atoms. The molecule has 2 aromatic carbocycles. The molecule has 0 radical (unpaired) electrons. The normalized spacial score (nSPS) is 16.6. The Labute approximate surface area is 196 Å². The summed E-state index contributed by atoms with van der Waals surface area (Å²) in [5, 5.41) is 7.50. The van der Waals surface area contributed by atoms with E-state index in [0.717, 1.165) is 27.8 Å². The van der Waals surface area contributed by atoms with E-state index in [9.17, 15) is 17.6 Å². The Balaban J connectivity index is 1.68. The van der Waals surface area contributed by atoms with Crippen LogP contribution in [0.25, 0.3) is 10.9 Å². The topological polar surface area (TPSA) is 52.3 Å². The zero-order chi connectivity index (χ0) is 24.1. The molecule has 0 spiro atoms. The molecule has 0 saturated carbocycles. The summed E-state index contributed by atoms with van der Waals surface area (Å²) in [7, 11) is 1.53. The lowest BCUT2D eigenvalue weighted by molar-refractivity contribution is -0.150. The van der Waals surface area contributed by atoms with Gasteiger partial charge in [0.2, 0.25) is 0 Å².